The summed E-state index contributed by atoms with van der Waals surface area (Å²) in [6.45, 7) is 0. The van der Waals surface area contributed by atoms with Crippen LogP contribution in [-0.4, -0.2) is 10.2 Å². The Kier molecular flexibility index (Phi) is 3.36. The van der Waals surface area contributed by atoms with E-state index in [0.717, 1.165) is 15.6 Å². The van der Waals surface area contributed by atoms with Gasteiger partial charge in [0.05, 0.1) is 0 Å². The van der Waals surface area contributed by atoms with Gasteiger partial charge in [0, 0.05) is 20.6 Å². The van der Waals surface area contributed by atoms with Crippen molar-refractivity contribution in [3.05, 3.63) is 58.0 Å². The number of hydrogen-bond donors (Lipinski definition) is 0. The first kappa shape index (κ1) is 12.4. The Labute approximate surface area is 123 Å². The molecule has 2 aromatic carbocycles. The normalized spacial score (nSPS) is 10.6. The van der Waals surface area contributed by atoms with Crippen molar-refractivity contribution in [2.24, 2.45) is 0 Å². The maximum absolute atomic E-state index is 6.00. The third kappa shape index (κ3) is 2.69. The highest BCUT2D eigenvalue weighted by Gasteiger charge is 2.11. The van der Waals surface area contributed by atoms with Crippen molar-refractivity contribution in [1.82, 2.24) is 10.2 Å². The Hall–Kier alpha value is -1.65. The van der Waals surface area contributed by atoms with Gasteiger partial charge in [-0.2, -0.15) is 0 Å². The summed E-state index contributed by atoms with van der Waals surface area (Å²) in [5.41, 5.74) is 1.68. The van der Waals surface area contributed by atoms with Crippen LogP contribution in [0.1, 0.15) is 0 Å². The SMILES string of the molecule is Clc1cc(Br)cc(-c2nnc(-c3ccccc3)o2)c1. The number of rotatable bonds is 2. The zero-order chi connectivity index (χ0) is 13.2. The van der Waals surface area contributed by atoms with Crippen LogP contribution in [0.2, 0.25) is 5.02 Å². The van der Waals surface area contributed by atoms with E-state index in [9.17, 15) is 0 Å². The van der Waals surface area contributed by atoms with E-state index in [1.807, 2.05) is 36.4 Å². The van der Waals surface area contributed by atoms with Crippen molar-refractivity contribution >= 4 is 27.5 Å². The van der Waals surface area contributed by atoms with E-state index in [4.69, 9.17) is 16.0 Å². The van der Waals surface area contributed by atoms with E-state index in [1.54, 1.807) is 12.1 Å². The highest BCUT2D eigenvalue weighted by molar-refractivity contribution is 9.10. The summed E-state index contributed by atoms with van der Waals surface area (Å²) in [7, 11) is 0. The summed E-state index contributed by atoms with van der Waals surface area (Å²) < 4.78 is 6.53. The lowest BCUT2D eigenvalue weighted by Gasteiger charge is -1.98. The van der Waals surface area contributed by atoms with Crippen LogP contribution in [0, 0.1) is 0 Å². The van der Waals surface area contributed by atoms with E-state index in [1.165, 1.54) is 0 Å². The molecule has 0 fully saturated rings. The van der Waals surface area contributed by atoms with Crippen molar-refractivity contribution < 1.29 is 4.42 Å². The highest BCUT2D eigenvalue weighted by Crippen LogP contribution is 2.28. The number of benzene rings is 2. The van der Waals surface area contributed by atoms with Crippen LogP contribution in [0.15, 0.2) is 57.4 Å². The van der Waals surface area contributed by atoms with Crippen LogP contribution < -0.4 is 0 Å². The van der Waals surface area contributed by atoms with Crippen LogP contribution in [0.4, 0.5) is 0 Å². The molecular weight excluding hydrogens is 328 g/mol. The van der Waals surface area contributed by atoms with Crippen LogP contribution in [0.3, 0.4) is 0 Å². The zero-order valence-corrected chi connectivity index (χ0v) is 12.0. The Bertz CT molecular complexity index is 692. The minimum Gasteiger partial charge on any atom is -0.416 e. The van der Waals surface area contributed by atoms with Gasteiger partial charge in [-0.05, 0) is 30.3 Å². The molecule has 1 aromatic heterocycles. The first-order valence-electron chi connectivity index (χ1n) is 5.58. The molecule has 0 radical (unpaired) electrons. The predicted molar refractivity (Wildman–Crippen MR) is 77.9 cm³/mol. The number of hydrogen-bond acceptors (Lipinski definition) is 3. The molecule has 0 spiro atoms. The van der Waals surface area contributed by atoms with Gasteiger partial charge in [-0.25, -0.2) is 0 Å². The molecule has 0 atom stereocenters. The van der Waals surface area contributed by atoms with Crippen molar-refractivity contribution in [2.75, 3.05) is 0 Å². The second-order valence-electron chi connectivity index (χ2n) is 3.94. The van der Waals surface area contributed by atoms with Crippen LogP contribution >= 0.6 is 27.5 Å². The van der Waals surface area contributed by atoms with Crippen molar-refractivity contribution in [1.29, 1.82) is 0 Å². The molecule has 0 saturated heterocycles. The molecule has 3 rings (SSSR count). The molecule has 0 saturated carbocycles. The molecule has 0 amide bonds. The zero-order valence-electron chi connectivity index (χ0n) is 9.68. The van der Waals surface area contributed by atoms with Gasteiger partial charge in [0.15, 0.2) is 0 Å². The minimum atomic E-state index is 0.446. The second kappa shape index (κ2) is 5.15. The van der Waals surface area contributed by atoms with Crippen molar-refractivity contribution in [3.8, 4) is 22.9 Å². The van der Waals surface area contributed by atoms with Gasteiger partial charge in [-0.1, -0.05) is 45.7 Å². The monoisotopic (exact) mass is 334 g/mol. The lowest BCUT2D eigenvalue weighted by Crippen LogP contribution is -1.78. The Morgan fingerprint density at radius 1 is 0.895 bits per heavy atom. The van der Waals surface area contributed by atoms with E-state index in [2.05, 4.69) is 26.1 Å². The highest BCUT2D eigenvalue weighted by atomic mass is 79.9. The first-order chi connectivity index (χ1) is 9.22. The molecular formula is C14H8BrClN2O. The fourth-order valence-corrected chi connectivity index (χ4v) is 2.57. The number of halogens is 2. The molecule has 0 unspecified atom stereocenters. The third-order valence-corrected chi connectivity index (χ3v) is 3.23. The molecule has 94 valence electrons. The topological polar surface area (TPSA) is 38.9 Å². The average Bonchev–Trinajstić information content (AvgIpc) is 2.88. The van der Waals surface area contributed by atoms with Gasteiger partial charge in [-0.3, -0.25) is 0 Å². The first-order valence-corrected chi connectivity index (χ1v) is 6.75. The van der Waals surface area contributed by atoms with Gasteiger partial charge in [0.2, 0.25) is 11.8 Å². The molecule has 3 aromatic rings. The predicted octanol–water partition coefficient (Wildman–Crippen LogP) is 4.82. The fraction of sp³-hybridized carbons (Fsp3) is 0. The lowest BCUT2D eigenvalue weighted by atomic mass is 10.2. The number of aromatic nitrogens is 2. The second-order valence-corrected chi connectivity index (χ2v) is 5.29. The van der Waals surface area contributed by atoms with E-state index >= 15 is 0 Å². The smallest absolute Gasteiger partial charge is 0.248 e. The van der Waals surface area contributed by atoms with Crippen LogP contribution in [0.5, 0.6) is 0 Å². The summed E-state index contributed by atoms with van der Waals surface area (Å²) in [6, 6.07) is 15.1. The summed E-state index contributed by atoms with van der Waals surface area (Å²) in [6.07, 6.45) is 0. The van der Waals surface area contributed by atoms with Gasteiger partial charge < -0.3 is 4.42 Å². The molecule has 3 nitrogen and oxygen atoms in total. The minimum absolute atomic E-state index is 0.446. The maximum Gasteiger partial charge on any atom is 0.248 e. The molecule has 19 heavy (non-hydrogen) atoms. The summed E-state index contributed by atoms with van der Waals surface area (Å²) in [5, 5.41) is 8.71. The molecule has 0 bridgehead atoms. The Morgan fingerprint density at radius 2 is 1.58 bits per heavy atom. The van der Waals surface area contributed by atoms with Gasteiger partial charge in [0.25, 0.3) is 0 Å². The molecule has 0 aliphatic carbocycles. The Balaban J connectivity index is 2.02. The van der Waals surface area contributed by atoms with Crippen LogP contribution in [-0.2, 0) is 0 Å². The molecule has 5 heteroatoms. The quantitative estimate of drug-likeness (QED) is 0.674. The Morgan fingerprint density at radius 3 is 2.26 bits per heavy atom. The fourth-order valence-electron chi connectivity index (χ4n) is 1.71. The molecule has 0 N–H and O–H groups in total. The lowest BCUT2D eigenvalue weighted by molar-refractivity contribution is 0.584. The van der Waals surface area contributed by atoms with Gasteiger partial charge in [0.1, 0.15) is 0 Å². The standard InChI is InChI=1S/C14H8BrClN2O/c15-11-6-10(7-12(16)8-11)14-18-17-13(19-14)9-4-2-1-3-5-9/h1-8H. The molecule has 1 heterocycles. The summed E-state index contributed by atoms with van der Waals surface area (Å²) in [5.74, 6) is 0.939. The van der Waals surface area contributed by atoms with Crippen molar-refractivity contribution in [2.45, 2.75) is 0 Å². The van der Waals surface area contributed by atoms with Crippen molar-refractivity contribution in [3.63, 3.8) is 0 Å². The van der Waals surface area contributed by atoms with Gasteiger partial charge >= 0.3 is 0 Å². The molecule has 0 aliphatic rings. The van der Waals surface area contributed by atoms with Gasteiger partial charge in [-0.15, -0.1) is 10.2 Å². The number of nitrogens with zero attached hydrogens (tertiary/aromatic N) is 2. The van der Waals surface area contributed by atoms with Crippen LogP contribution in [0.25, 0.3) is 22.9 Å². The average molecular weight is 336 g/mol. The third-order valence-electron chi connectivity index (χ3n) is 2.56. The summed E-state index contributed by atoms with van der Waals surface area (Å²) in [4.78, 5) is 0. The van der Waals surface area contributed by atoms with E-state index in [0.29, 0.717) is 16.8 Å². The summed E-state index contributed by atoms with van der Waals surface area (Å²) >= 11 is 9.39. The van der Waals surface area contributed by atoms with E-state index < -0.39 is 0 Å². The largest absolute Gasteiger partial charge is 0.416 e. The van der Waals surface area contributed by atoms with E-state index in [-0.39, 0.29) is 0 Å². The maximum atomic E-state index is 6.00. The molecule has 0 aliphatic heterocycles.